The van der Waals surface area contributed by atoms with Crippen LogP contribution in [0.15, 0.2) is 46.4 Å². The van der Waals surface area contributed by atoms with Crippen LogP contribution in [0.25, 0.3) is 4.91 Å². The molecule has 0 unspecified atom stereocenters. The molecule has 8 nitrogen and oxygen atoms in total. The van der Waals surface area contributed by atoms with Gasteiger partial charge in [0.1, 0.15) is 11.8 Å². The highest BCUT2D eigenvalue weighted by atomic mass is 32.2. The second kappa shape index (κ2) is 11.5. The van der Waals surface area contributed by atoms with Gasteiger partial charge in [-0.15, -0.1) is 0 Å². The lowest BCUT2D eigenvalue weighted by Gasteiger charge is -2.28. The van der Waals surface area contributed by atoms with Crippen molar-refractivity contribution in [2.24, 2.45) is 4.99 Å². The summed E-state index contributed by atoms with van der Waals surface area (Å²) in [5.74, 6) is -0.595. The van der Waals surface area contributed by atoms with E-state index in [1.165, 1.54) is 16.7 Å². The largest absolute Gasteiger partial charge is 0.391 e. The number of aliphatic hydroxyl groups excluding tert-OH is 1. The molecule has 1 aliphatic rings. The van der Waals surface area contributed by atoms with Crippen molar-refractivity contribution in [1.82, 2.24) is 15.4 Å². The fraction of sp³-hybridized carbons (Fsp3) is 0.440. The van der Waals surface area contributed by atoms with E-state index in [4.69, 9.17) is 4.52 Å². The van der Waals surface area contributed by atoms with Gasteiger partial charge < -0.3 is 19.8 Å². The van der Waals surface area contributed by atoms with Gasteiger partial charge in [0, 0.05) is 31.0 Å². The number of aliphatic hydroxyl groups is 1. The maximum atomic E-state index is 13.3. The van der Waals surface area contributed by atoms with Crippen LogP contribution in [0.4, 0.5) is 0 Å². The normalized spacial score (nSPS) is 19.9. The summed E-state index contributed by atoms with van der Waals surface area (Å²) in [4.78, 5) is 32.8. The maximum absolute atomic E-state index is 13.3. The van der Waals surface area contributed by atoms with E-state index in [9.17, 15) is 14.7 Å². The van der Waals surface area contributed by atoms with Gasteiger partial charge in [0.25, 0.3) is 0 Å². The van der Waals surface area contributed by atoms with Crippen LogP contribution in [0.2, 0.25) is 0 Å². The molecule has 2 heterocycles. The lowest BCUT2D eigenvalue weighted by atomic mass is 10.0. The Balaban J connectivity index is 1.68. The molecule has 34 heavy (non-hydrogen) atoms. The number of amides is 2. The monoisotopic (exact) mass is 484 g/mol. The molecule has 1 aromatic heterocycles. The topological polar surface area (TPSA) is 108 Å². The van der Waals surface area contributed by atoms with Crippen molar-refractivity contribution >= 4 is 34.0 Å². The van der Waals surface area contributed by atoms with Crippen LogP contribution in [-0.2, 0) is 9.59 Å². The summed E-state index contributed by atoms with van der Waals surface area (Å²) < 4.78 is 5.32. The Morgan fingerprint density at radius 2 is 2.12 bits per heavy atom. The fourth-order valence-electron chi connectivity index (χ4n) is 4.09. The van der Waals surface area contributed by atoms with Crippen molar-refractivity contribution in [2.75, 3.05) is 13.6 Å². The van der Waals surface area contributed by atoms with E-state index < -0.39 is 18.1 Å². The summed E-state index contributed by atoms with van der Waals surface area (Å²) in [6, 6.07) is 8.53. The van der Waals surface area contributed by atoms with Gasteiger partial charge in [-0.2, -0.15) is 0 Å². The average Bonchev–Trinajstić information content (AvgIpc) is 3.43. The predicted molar refractivity (Wildman–Crippen MR) is 134 cm³/mol. The summed E-state index contributed by atoms with van der Waals surface area (Å²) in [7, 11) is 1.71. The van der Waals surface area contributed by atoms with Crippen molar-refractivity contribution in [3.05, 3.63) is 59.5 Å². The molecule has 2 aromatic rings. The van der Waals surface area contributed by atoms with Crippen LogP contribution < -0.4 is 5.32 Å². The molecule has 182 valence electrons. The highest BCUT2D eigenvalue weighted by Crippen LogP contribution is 2.29. The first-order chi connectivity index (χ1) is 16.2. The summed E-state index contributed by atoms with van der Waals surface area (Å²) in [5, 5.41) is 17.1. The van der Waals surface area contributed by atoms with E-state index in [1.807, 2.05) is 38.1 Å². The van der Waals surface area contributed by atoms with Gasteiger partial charge in [-0.1, -0.05) is 54.7 Å². The van der Waals surface area contributed by atoms with Crippen molar-refractivity contribution in [2.45, 2.75) is 57.7 Å². The van der Waals surface area contributed by atoms with Gasteiger partial charge in [0.05, 0.1) is 29.3 Å². The first kappa shape index (κ1) is 25.7. The van der Waals surface area contributed by atoms with Crippen molar-refractivity contribution < 1.29 is 19.2 Å². The second-order valence-electron chi connectivity index (χ2n) is 8.48. The molecule has 9 heteroatoms. The Morgan fingerprint density at radius 1 is 1.41 bits per heavy atom. The number of carbonyl (C=O) groups excluding carboxylic acids is 2. The number of aromatic nitrogens is 1. The van der Waals surface area contributed by atoms with Crippen molar-refractivity contribution in [1.29, 1.82) is 0 Å². The lowest BCUT2D eigenvalue weighted by Crippen LogP contribution is -2.47. The standard InChI is InChI=1S/C25H32N4O4S/c1-6-21(23-11-15(2)28-33-23)25(32)29-13-20(30)12-22(29)24(31)27-16(3)18-7-9-19(10-8-18)17(4)34-14-26-5/h7-11,14,16,20-22,30H,4,6,12-13H2,1-3,5H3,(H,27,31)/b26-14-/t16-,20+,21+,22-/m0/s1. The van der Waals surface area contributed by atoms with Crippen molar-refractivity contribution in [3.63, 3.8) is 0 Å². The number of rotatable bonds is 9. The first-order valence-corrected chi connectivity index (χ1v) is 12.2. The van der Waals surface area contributed by atoms with Gasteiger partial charge >= 0.3 is 0 Å². The number of likely N-dealkylation sites (tertiary alicyclic amines) is 1. The average molecular weight is 485 g/mol. The Bertz CT molecular complexity index is 1050. The number of nitrogens with one attached hydrogen (secondary N) is 1. The van der Waals surface area contributed by atoms with Gasteiger partial charge in [0.2, 0.25) is 11.8 Å². The maximum Gasteiger partial charge on any atom is 0.243 e. The Hall–Kier alpha value is -2.91. The number of hydrogen-bond acceptors (Lipinski definition) is 7. The number of carbonyl (C=O) groups is 2. The van der Waals surface area contributed by atoms with Crippen LogP contribution in [-0.4, -0.2) is 58.3 Å². The molecule has 1 fully saturated rings. The molecular weight excluding hydrogens is 452 g/mol. The Morgan fingerprint density at radius 3 is 2.71 bits per heavy atom. The van der Waals surface area contributed by atoms with Crippen LogP contribution in [0, 0.1) is 6.92 Å². The molecular formula is C25H32N4O4S. The third kappa shape index (κ3) is 5.95. The van der Waals surface area contributed by atoms with Crippen LogP contribution >= 0.6 is 11.8 Å². The molecule has 0 bridgehead atoms. The number of β-amino-alcohol motifs (C(OH)–C–C–N with tert-alkyl or cyclic N) is 1. The zero-order valence-corrected chi connectivity index (χ0v) is 20.8. The molecule has 0 aliphatic carbocycles. The molecule has 0 spiro atoms. The van der Waals surface area contributed by atoms with Gasteiger partial charge in [-0.05, 0) is 31.4 Å². The van der Waals surface area contributed by atoms with Gasteiger partial charge in [0.15, 0.2) is 0 Å². The zero-order chi connectivity index (χ0) is 24.8. The second-order valence-corrected chi connectivity index (χ2v) is 9.42. The van der Waals surface area contributed by atoms with E-state index in [-0.39, 0.29) is 30.8 Å². The molecule has 4 atom stereocenters. The molecule has 1 aliphatic heterocycles. The number of hydrogen-bond donors (Lipinski definition) is 2. The quantitative estimate of drug-likeness (QED) is 0.415. The molecule has 0 radical (unpaired) electrons. The predicted octanol–water partition coefficient (Wildman–Crippen LogP) is 3.68. The van der Waals surface area contributed by atoms with Gasteiger partial charge in [-0.25, -0.2) is 0 Å². The molecule has 1 aromatic carbocycles. The molecule has 2 amide bonds. The van der Waals surface area contributed by atoms with Crippen LogP contribution in [0.1, 0.15) is 61.2 Å². The van der Waals surface area contributed by atoms with E-state index in [0.717, 1.165) is 16.0 Å². The summed E-state index contributed by atoms with van der Waals surface area (Å²) in [6.45, 7) is 9.73. The smallest absolute Gasteiger partial charge is 0.243 e. The molecule has 2 N–H and O–H groups in total. The summed E-state index contributed by atoms with van der Waals surface area (Å²) in [6.07, 6.45) is -0.0471. The summed E-state index contributed by atoms with van der Waals surface area (Å²) >= 11 is 1.45. The lowest BCUT2D eigenvalue weighted by molar-refractivity contribution is -0.140. The highest BCUT2D eigenvalue weighted by Gasteiger charge is 2.42. The Kier molecular flexibility index (Phi) is 8.68. The minimum absolute atomic E-state index is 0.116. The van der Waals surface area contributed by atoms with Gasteiger partial charge in [-0.3, -0.25) is 14.6 Å². The Labute approximate surface area is 204 Å². The third-order valence-electron chi connectivity index (χ3n) is 5.95. The van der Waals surface area contributed by atoms with Crippen LogP contribution in [0.5, 0.6) is 0 Å². The number of aryl methyl sites for hydroxylation is 1. The number of thioether (sulfide) groups is 1. The van der Waals surface area contributed by atoms with E-state index in [2.05, 4.69) is 22.0 Å². The molecule has 0 saturated carbocycles. The highest BCUT2D eigenvalue weighted by molar-refractivity contribution is 8.20. The number of aliphatic imine (C=N–C) groups is 1. The SMILES string of the molecule is C=C(S/C=N\C)c1ccc([C@H](C)NC(=O)[C@@H]2C[C@@H](O)CN2C(=O)[C@H](CC)c2cc(C)no2)cc1. The van der Waals surface area contributed by atoms with E-state index >= 15 is 0 Å². The van der Waals surface area contributed by atoms with E-state index in [1.54, 1.807) is 25.6 Å². The molecule has 3 rings (SSSR count). The fourth-order valence-corrected chi connectivity index (χ4v) is 4.59. The minimum atomic E-state index is -0.751. The van der Waals surface area contributed by atoms with E-state index in [0.29, 0.717) is 17.9 Å². The minimum Gasteiger partial charge on any atom is -0.391 e. The zero-order valence-electron chi connectivity index (χ0n) is 20.0. The van der Waals surface area contributed by atoms with Crippen LogP contribution in [0.3, 0.4) is 0 Å². The number of nitrogens with zero attached hydrogens (tertiary/aromatic N) is 3. The van der Waals surface area contributed by atoms with Crippen molar-refractivity contribution in [3.8, 4) is 0 Å². The third-order valence-corrected chi connectivity index (χ3v) is 6.79. The number of benzene rings is 1. The molecule has 1 saturated heterocycles. The first-order valence-electron chi connectivity index (χ1n) is 11.3. The summed E-state index contributed by atoms with van der Waals surface area (Å²) in [5.41, 5.74) is 4.34.